The molecule has 5 aliphatic rings. The van der Waals surface area contributed by atoms with Crippen molar-refractivity contribution in [3.63, 3.8) is 0 Å². The fraction of sp³-hybridized carbons (Fsp3) is 0.677. The van der Waals surface area contributed by atoms with Gasteiger partial charge in [0.15, 0.2) is 11.6 Å². The Balaban J connectivity index is 1.70. The molecule has 5 nitrogen and oxygen atoms in total. The first-order valence-electron chi connectivity index (χ1n) is 13.4. The van der Waals surface area contributed by atoms with E-state index in [-0.39, 0.29) is 57.1 Å². The Morgan fingerprint density at radius 1 is 1.08 bits per heavy atom. The second-order valence-corrected chi connectivity index (χ2v) is 13.7. The Morgan fingerprint density at radius 3 is 2.39 bits per heavy atom. The van der Waals surface area contributed by atoms with Crippen molar-refractivity contribution in [2.24, 2.45) is 44.8 Å². The van der Waals surface area contributed by atoms with Gasteiger partial charge in [0.2, 0.25) is 0 Å². The van der Waals surface area contributed by atoms with Crippen molar-refractivity contribution in [2.75, 3.05) is 7.11 Å². The van der Waals surface area contributed by atoms with Crippen LogP contribution in [0.3, 0.4) is 0 Å². The maximum atomic E-state index is 14.3. The lowest BCUT2D eigenvalue weighted by atomic mass is 9.35. The molecule has 5 aliphatic carbocycles. The quantitative estimate of drug-likeness (QED) is 0.338. The van der Waals surface area contributed by atoms with Crippen molar-refractivity contribution < 1.29 is 19.1 Å². The lowest BCUT2D eigenvalue weighted by molar-refractivity contribution is -0.189. The largest absolute Gasteiger partial charge is 0.469 e. The summed E-state index contributed by atoms with van der Waals surface area (Å²) >= 11 is 0. The summed E-state index contributed by atoms with van der Waals surface area (Å²) in [4.78, 5) is 40.4. The van der Waals surface area contributed by atoms with Crippen LogP contribution in [0.5, 0.6) is 0 Å². The monoisotopic (exact) mass is 489 g/mol. The molecule has 7 atom stereocenters. The van der Waals surface area contributed by atoms with Gasteiger partial charge in [0.25, 0.3) is 0 Å². The van der Waals surface area contributed by atoms with Crippen LogP contribution in [0.4, 0.5) is 0 Å². The van der Waals surface area contributed by atoms with Crippen molar-refractivity contribution in [1.82, 2.24) is 0 Å². The molecule has 0 amide bonds. The second-order valence-electron chi connectivity index (χ2n) is 13.7. The summed E-state index contributed by atoms with van der Waals surface area (Å²) in [5.74, 6) is -0.755. The van der Waals surface area contributed by atoms with E-state index in [0.29, 0.717) is 5.57 Å². The summed E-state index contributed by atoms with van der Waals surface area (Å²) in [5, 5.41) is 9.71. The maximum absolute atomic E-state index is 14.3. The molecule has 3 saturated carbocycles. The van der Waals surface area contributed by atoms with Crippen molar-refractivity contribution in [2.45, 2.75) is 79.6 Å². The van der Waals surface area contributed by atoms with Gasteiger partial charge in [-0.05, 0) is 90.2 Å². The first-order chi connectivity index (χ1) is 16.7. The summed E-state index contributed by atoms with van der Waals surface area (Å²) in [6.07, 6.45) is 9.36. The smallest absolute Gasteiger partial charge is 0.312 e. The Bertz CT molecular complexity index is 1200. The molecule has 0 aromatic rings. The van der Waals surface area contributed by atoms with Gasteiger partial charge in [-0.25, -0.2) is 0 Å². The van der Waals surface area contributed by atoms with Gasteiger partial charge >= 0.3 is 5.97 Å². The Kier molecular flexibility index (Phi) is 5.26. The third-order valence-corrected chi connectivity index (χ3v) is 11.7. The number of nitrogens with zero attached hydrogens (tertiary/aromatic N) is 1. The number of esters is 1. The highest BCUT2D eigenvalue weighted by Crippen LogP contribution is 2.73. The van der Waals surface area contributed by atoms with Crippen LogP contribution in [0.15, 0.2) is 35.5 Å². The molecule has 192 valence electrons. The minimum absolute atomic E-state index is 0.0567. The number of carbonyl (C=O) groups is 3. The van der Waals surface area contributed by atoms with Gasteiger partial charge in [-0.3, -0.25) is 14.4 Å². The minimum atomic E-state index is -0.605. The highest BCUT2D eigenvalue weighted by atomic mass is 16.5. The highest BCUT2D eigenvalue weighted by molar-refractivity contribution is 6.12. The van der Waals surface area contributed by atoms with Crippen LogP contribution in [0, 0.1) is 56.2 Å². The van der Waals surface area contributed by atoms with Crippen molar-refractivity contribution in [3.8, 4) is 6.07 Å². The topological polar surface area (TPSA) is 84.2 Å². The Labute approximate surface area is 215 Å². The van der Waals surface area contributed by atoms with Crippen LogP contribution in [-0.4, -0.2) is 24.6 Å². The maximum Gasteiger partial charge on any atom is 0.312 e. The van der Waals surface area contributed by atoms with Gasteiger partial charge in [0.1, 0.15) is 6.07 Å². The van der Waals surface area contributed by atoms with Gasteiger partial charge in [0.05, 0.1) is 18.1 Å². The van der Waals surface area contributed by atoms with Gasteiger partial charge in [-0.15, -0.1) is 0 Å². The first kappa shape index (κ1) is 25.2. The molecule has 5 heteroatoms. The molecule has 0 aromatic heterocycles. The molecule has 0 bridgehead atoms. The van der Waals surface area contributed by atoms with Crippen molar-refractivity contribution >= 4 is 17.5 Å². The number of Topliss-reactive ketones (excluding diaryl/α,β-unsaturated/α-hetero) is 1. The van der Waals surface area contributed by atoms with Crippen LogP contribution < -0.4 is 0 Å². The van der Waals surface area contributed by atoms with E-state index in [1.807, 2.05) is 12.2 Å². The van der Waals surface area contributed by atoms with Crippen LogP contribution in [0.25, 0.3) is 0 Å². The number of hydrogen-bond acceptors (Lipinski definition) is 5. The number of carbonyl (C=O) groups excluding carboxylic acids is 3. The van der Waals surface area contributed by atoms with Crippen LogP contribution in [0.1, 0.15) is 79.6 Å². The molecule has 1 unspecified atom stereocenters. The van der Waals surface area contributed by atoms with E-state index in [1.165, 1.54) is 7.11 Å². The average molecular weight is 490 g/mol. The molecular weight excluding hydrogens is 450 g/mol. The molecule has 0 aliphatic heterocycles. The summed E-state index contributed by atoms with van der Waals surface area (Å²) < 4.78 is 5.38. The number of methoxy groups -OCH3 is 1. The molecule has 0 heterocycles. The van der Waals surface area contributed by atoms with Crippen LogP contribution in [-0.2, 0) is 19.1 Å². The van der Waals surface area contributed by atoms with Gasteiger partial charge < -0.3 is 4.74 Å². The minimum Gasteiger partial charge on any atom is -0.469 e. The number of nitriles is 1. The normalized spacial score (nSPS) is 45.1. The first-order valence-corrected chi connectivity index (χ1v) is 13.4. The predicted octanol–water partition coefficient (Wildman–Crippen LogP) is 5.91. The number of hydrogen-bond donors (Lipinski definition) is 0. The summed E-state index contributed by atoms with van der Waals surface area (Å²) in [5.41, 5.74) is -0.118. The molecule has 0 aromatic carbocycles. The molecule has 0 saturated heterocycles. The average Bonchev–Trinajstić information content (AvgIpc) is 2.82. The summed E-state index contributed by atoms with van der Waals surface area (Å²) in [6.45, 7) is 15.2. The molecular formula is C31H39NO4. The lowest BCUT2D eigenvalue weighted by Crippen LogP contribution is -2.65. The standard InChI is InChI=1S/C31H39NO4/c1-18-20-8-9-29(5)23(28(20,4)15-19(17-32)25(18)34)14-22(33)24-21-16-27(2,3)10-12-31(21,26(35)36-7)13-11-30(24,29)6/h14-15,20-21,24H,1,8-13,16H2,2-7H3/t20-,21?,24+,28-,29+,30+,31-/m0/s1. The second kappa shape index (κ2) is 7.53. The molecule has 36 heavy (non-hydrogen) atoms. The number of ketones is 2. The molecule has 0 N–H and O–H groups in total. The highest BCUT2D eigenvalue weighted by Gasteiger charge is 2.70. The van der Waals surface area contributed by atoms with E-state index in [1.54, 1.807) is 0 Å². The van der Waals surface area contributed by atoms with Gasteiger partial charge in [0, 0.05) is 11.3 Å². The van der Waals surface area contributed by atoms with Crippen LogP contribution >= 0.6 is 0 Å². The van der Waals surface area contributed by atoms with Crippen LogP contribution in [0.2, 0.25) is 0 Å². The van der Waals surface area contributed by atoms with Gasteiger partial charge in [-0.2, -0.15) is 5.26 Å². The number of ether oxygens (including phenoxy) is 1. The Morgan fingerprint density at radius 2 is 1.75 bits per heavy atom. The third-order valence-electron chi connectivity index (χ3n) is 11.7. The van der Waals surface area contributed by atoms with Gasteiger partial charge in [-0.1, -0.05) is 47.3 Å². The molecule has 0 spiro atoms. The van der Waals surface area contributed by atoms with E-state index in [0.717, 1.165) is 50.5 Å². The number of fused-ring (bicyclic) bond motifs is 7. The van der Waals surface area contributed by atoms with Crippen molar-refractivity contribution in [3.05, 3.63) is 35.5 Å². The zero-order valence-electron chi connectivity index (χ0n) is 22.6. The van der Waals surface area contributed by atoms with Crippen molar-refractivity contribution in [1.29, 1.82) is 5.26 Å². The number of allylic oxidation sites excluding steroid dienone is 5. The van der Waals surface area contributed by atoms with E-state index in [2.05, 4.69) is 47.3 Å². The predicted molar refractivity (Wildman–Crippen MR) is 136 cm³/mol. The number of rotatable bonds is 1. The van der Waals surface area contributed by atoms with E-state index in [4.69, 9.17) is 4.74 Å². The summed E-state index contributed by atoms with van der Waals surface area (Å²) in [6, 6.07) is 2.08. The van der Waals surface area contributed by atoms with E-state index >= 15 is 0 Å². The molecule has 3 fully saturated rings. The fourth-order valence-corrected chi connectivity index (χ4v) is 9.44. The SMILES string of the molecule is C=C1C(=O)C(C#N)=C[C@]2(C)C3=CC(=O)[C@H]4C5CC(C)(C)CC[C@]5(C(=O)OC)CC[C@@]4(C)[C@]3(C)CC[C@@H]12. The zero-order chi connectivity index (χ0) is 26.5. The van der Waals surface area contributed by atoms with E-state index in [9.17, 15) is 19.6 Å². The lowest BCUT2D eigenvalue weighted by Gasteiger charge is -2.68. The molecule has 0 radical (unpaired) electrons. The van der Waals surface area contributed by atoms with E-state index < -0.39 is 10.8 Å². The third kappa shape index (κ3) is 2.91. The fourth-order valence-electron chi connectivity index (χ4n) is 9.44. The Hall–Kier alpha value is -2.48. The zero-order valence-corrected chi connectivity index (χ0v) is 22.6. The summed E-state index contributed by atoms with van der Waals surface area (Å²) in [7, 11) is 1.47. The molecule has 5 rings (SSSR count).